The van der Waals surface area contributed by atoms with Gasteiger partial charge in [0.05, 0.1) is 14.1 Å². The SMILES string of the molecule is CCc1ccc(-c2nc(Cl)c(I)c(CC(C)C)n2)s1. The summed E-state index contributed by atoms with van der Waals surface area (Å²) in [5, 5.41) is 0.563. The molecule has 5 heteroatoms. The number of hydrogen-bond acceptors (Lipinski definition) is 3. The van der Waals surface area contributed by atoms with E-state index in [0.717, 1.165) is 32.8 Å². The highest BCUT2D eigenvalue weighted by atomic mass is 127. The molecule has 2 heterocycles. The first-order valence-corrected chi connectivity index (χ1v) is 8.59. The predicted molar refractivity (Wildman–Crippen MR) is 91.0 cm³/mol. The molecular formula is C14H16ClIN2S. The molecule has 2 aromatic heterocycles. The largest absolute Gasteiger partial charge is 0.231 e. The molecule has 19 heavy (non-hydrogen) atoms. The van der Waals surface area contributed by atoms with Crippen LogP contribution in [-0.4, -0.2) is 9.97 Å². The minimum Gasteiger partial charge on any atom is -0.231 e. The van der Waals surface area contributed by atoms with Gasteiger partial charge in [0.1, 0.15) is 5.15 Å². The summed E-state index contributed by atoms with van der Waals surface area (Å²) >= 11 is 10.2. The van der Waals surface area contributed by atoms with E-state index < -0.39 is 0 Å². The van der Waals surface area contributed by atoms with Crippen molar-refractivity contribution in [1.29, 1.82) is 0 Å². The maximum absolute atomic E-state index is 6.24. The van der Waals surface area contributed by atoms with Gasteiger partial charge < -0.3 is 0 Å². The van der Waals surface area contributed by atoms with Gasteiger partial charge in [0.15, 0.2) is 5.82 Å². The van der Waals surface area contributed by atoms with Crippen molar-refractivity contribution in [2.45, 2.75) is 33.6 Å². The maximum atomic E-state index is 6.24. The van der Waals surface area contributed by atoms with Crippen LogP contribution < -0.4 is 0 Å². The van der Waals surface area contributed by atoms with E-state index in [9.17, 15) is 0 Å². The number of aryl methyl sites for hydroxylation is 1. The quantitative estimate of drug-likeness (QED) is 0.513. The fraction of sp³-hybridized carbons (Fsp3) is 0.429. The summed E-state index contributed by atoms with van der Waals surface area (Å²) in [6.45, 7) is 6.53. The number of thiophene rings is 1. The van der Waals surface area contributed by atoms with E-state index in [1.807, 2.05) is 0 Å². The van der Waals surface area contributed by atoms with Crippen molar-refractivity contribution in [1.82, 2.24) is 9.97 Å². The van der Waals surface area contributed by atoms with E-state index in [-0.39, 0.29) is 0 Å². The molecule has 0 spiro atoms. The highest BCUT2D eigenvalue weighted by Gasteiger charge is 2.14. The standard InChI is InChI=1S/C14H16ClIN2S/c1-4-9-5-6-11(19-9)14-17-10(7-8(2)3)12(16)13(15)18-14/h5-6,8H,4,7H2,1-3H3. The molecule has 0 bridgehead atoms. The van der Waals surface area contributed by atoms with E-state index in [4.69, 9.17) is 16.6 Å². The smallest absolute Gasteiger partial charge is 0.171 e. The van der Waals surface area contributed by atoms with Gasteiger partial charge in [0, 0.05) is 4.88 Å². The number of rotatable bonds is 4. The Kier molecular flexibility index (Phi) is 5.20. The normalized spacial score (nSPS) is 11.3. The van der Waals surface area contributed by atoms with Crippen LogP contribution in [0, 0.1) is 9.49 Å². The summed E-state index contributed by atoms with van der Waals surface area (Å²) < 4.78 is 0.976. The molecule has 2 rings (SSSR count). The van der Waals surface area contributed by atoms with Gasteiger partial charge in [-0.1, -0.05) is 32.4 Å². The topological polar surface area (TPSA) is 25.8 Å². The summed E-state index contributed by atoms with van der Waals surface area (Å²) in [6.07, 6.45) is 1.97. The monoisotopic (exact) mass is 406 g/mol. The van der Waals surface area contributed by atoms with Crippen LogP contribution in [0.1, 0.15) is 31.3 Å². The van der Waals surface area contributed by atoms with Gasteiger partial charge in [-0.25, -0.2) is 9.97 Å². The molecule has 0 aliphatic rings. The van der Waals surface area contributed by atoms with Gasteiger partial charge in [-0.3, -0.25) is 0 Å². The molecule has 0 saturated heterocycles. The maximum Gasteiger partial charge on any atom is 0.171 e. The van der Waals surface area contributed by atoms with Gasteiger partial charge in [0.2, 0.25) is 0 Å². The first-order valence-electron chi connectivity index (χ1n) is 6.32. The zero-order chi connectivity index (χ0) is 14.0. The number of halogens is 2. The highest BCUT2D eigenvalue weighted by Crippen LogP contribution is 2.29. The number of nitrogens with zero attached hydrogens (tertiary/aromatic N) is 2. The molecule has 0 atom stereocenters. The van der Waals surface area contributed by atoms with Crippen molar-refractivity contribution in [3.8, 4) is 10.7 Å². The van der Waals surface area contributed by atoms with Crippen LogP contribution in [0.3, 0.4) is 0 Å². The molecule has 0 aromatic carbocycles. The van der Waals surface area contributed by atoms with Crippen LogP contribution in [0.15, 0.2) is 12.1 Å². The summed E-state index contributed by atoms with van der Waals surface area (Å²) in [7, 11) is 0. The van der Waals surface area contributed by atoms with E-state index in [2.05, 4.69) is 60.5 Å². The molecule has 0 fully saturated rings. The fourth-order valence-corrected chi connectivity index (χ4v) is 3.32. The Labute approximate surface area is 136 Å². The van der Waals surface area contributed by atoms with Gasteiger partial charge >= 0.3 is 0 Å². The van der Waals surface area contributed by atoms with Crippen molar-refractivity contribution in [2.75, 3.05) is 0 Å². The summed E-state index contributed by atoms with van der Waals surface area (Å²) in [5.41, 5.74) is 1.05. The lowest BCUT2D eigenvalue weighted by Crippen LogP contribution is -2.04. The second kappa shape index (κ2) is 6.50. The zero-order valence-electron chi connectivity index (χ0n) is 11.2. The number of hydrogen-bond donors (Lipinski definition) is 0. The lowest BCUT2D eigenvalue weighted by Gasteiger charge is -2.09. The molecule has 0 amide bonds. The Morgan fingerprint density at radius 3 is 2.63 bits per heavy atom. The van der Waals surface area contributed by atoms with Crippen LogP contribution >= 0.6 is 45.5 Å². The summed E-state index contributed by atoms with van der Waals surface area (Å²) in [6, 6.07) is 4.22. The molecule has 0 aliphatic heterocycles. The van der Waals surface area contributed by atoms with E-state index in [1.54, 1.807) is 11.3 Å². The Bertz CT molecular complexity index is 581. The van der Waals surface area contributed by atoms with Crippen molar-refractivity contribution >= 4 is 45.5 Å². The first-order chi connectivity index (χ1) is 9.01. The van der Waals surface area contributed by atoms with Gasteiger partial charge in [-0.2, -0.15) is 0 Å². The molecule has 0 radical (unpaired) electrons. The second-order valence-electron chi connectivity index (χ2n) is 4.82. The minimum atomic E-state index is 0.557. The van der Waals surface area contributed by atoms with E-state index in [1.165, 1.54) is 4.88 Å². The van der Waals surface area contributed by atoms with Crippen molar-refractivity contribution in [3.63, 3.8) is 0 Å². The molecule has 0 N–H and O–H groups in total. The Hall–Kier alpha value is -0.200. The van der Waals surface area contributed by atoms with Gasteiger partial charge in [0.25, 0.3) is 0 Å². The second-order valence-corrected chi connectivity index (χ2v) is 7.42. The minimum absolute atomic E-state index is 0.557. The third-order valence-electron chi connectivity index (χ3n) is 2.71. The average Bonchev–Trinajstić information content (AvgIpc) is 2.82. The first kappa shape index (κ1) is 15.2. The molecule has 2 aromatic rings. The van der Waals surface area contributed by atoms with Crippen LogP contribution in [0.5, 0.6) is 0 Å². The third kappa shape index (κ3) is 3.67. The zero-order valence-corrected chi connectivity index (χ0v) is 14.9. The van der Waals surface area contributed by atoms with Crippen molar-refractivity contribution < 1.29 is 0 Å². The summed E-state index contributed by atoms with van der Waals surface area (Å²) in [5.74, 6) is 1.31. The van der Waals surface area contributed by atoms with E-state index in [0.29, 0.717) is 11.1 Å². The molecule has 102 valence electrons. The predicted octanol–water partition coefficient (Wildman–Crippen LogP) is 5.22. The molecule has 0 unspecified atom stereocenters. The fourth-order valence-electron chi connectivity index (χ4n) is 1.78. The lowest BCUT2D eigenvalue weighted by molar-refractivity contribution is 0.632. The summed E-state index contributed by atoms with van der Waals surface area (Å²) in [4.78, 5) is 11.6. The molecule has 0 aliphatic carbocycles. The average molecular weight is 407 g/mol. The molecule has 2 nitrogen and oxygen atoms in total. The van der Waals surface area contributed by atoms with E-state index >= 15 is 0 Å². The van der Waals surface area contributed by atoms with Crippen LogP contribution in [0.4, 0.5) is 0 Å². The van der Waals surface area contributed by atoms with Crippen molar-refractivity contribution in [3.05, 3.63) is 31.4 Å². The Morgan fingerprint density at radius 2 is 2.05 bits per heavy atom. The van der Waals surface area contributed by atoms with Crippen LogP contribution in [0.2, 0.25) is 5.15 Å². The third-order valence-corrected chi connectivity index (χ3v) is 5.66. The Balaban J connectivity index is 2.43. The molecule has 0 saturated carbocycles. The van der Waals surface area contributed by atoms with Crippen LogP contribution in [-0.2, 0) is 12.8 Å². The Morgan fingerprint density at radius 1 is 1.32 bits per heavy atom. The lowest BCUT2D eigenvalue weighted by atomic mass is 10.1. The van der Waals surface area contributed by atoms with Gasteiger partial charge in [-0.15, -0.1) is 11.3 Å². The van der Waals surface area contributed by atoms with Crippen LogP contribution in [0.25, 0.3) is 10.7 Å². The number of aromatic nitrogens is 2. The highest BCUT2D eigenvalue weighted by molar-refractivity contribution is 14.1. The van der Waals surface area contributed by atoms with Gasteiger partial charge in [-0.05, 0) is 53.5 Å². The van der Waals surface area contributed by atoms with Crippen molar-refractivity contribution in [2.24, 2.45) is 5.92 Å². The molecular weight excluding hydrogens is 391 g/mol.